The fraction of sp³-hybridized carbons (Fsp3) is 0.500. The van der Waals surface area contributed by atoms with E-state index in [1.807, 2.05) is 44.2 Å². The Kier molecular flexibility index (Phi) is 4.38. The molecule has 1 saturated heterocycles. The lowest BCUT2D eigenvalue weighted by Crippen LogP contribution is -2.39. The molecule has 1 unspecified atom stereocenters. The van der Waals surface area contributed by atoms with Gasteiger partial charge in [-0.25, -0.2) is 0 Å². The molecule has 3 rings (SSSR count). The topological polar surface area (TPSA) is 84.1 Å². The van der Waals surface area contributed by atoms with Gasteiger partial charge in [-0.05, 0) is 17.6 Å². The molecule has 1 N–H and O–H groups in total. The van der Waals surface area contributed by atoms with Gasteiger partial charge in [0, 0.05) is 18.7 Å². The molecule has 0 bridgehead atoms. The Bertz CT molecular complexity index is 670. The maximum absolute atomic E-state index is 12.8. The number of hydrogen-bond donors (Lipinski definition) is 1. The van der Waals surface area contributed by atoms with Crippen molar-refractivity contribution in [2.24, 2.45) is 5.92 Å². The van der Waals surface area contributed by atoms with E-state index in [1.165, 1.54) is 4.80 Å². The van der Waals surface area contributed by atoms with Gasteiger partial charge in [0.1, 0.15) is 0 Å². The van der Waals surface area contributed by atoms with Crippen LogP contribution in [0.2, 0.25) is 0 Å². The number of likely N-dealkylation sites (tertiary alicyclic amines) is 1. The van der Waals surface area contributed by atoms with Gasteiger partial charge >= 0.3 is 0 Å². The Morgan fingerprint density at radius 1 is 1.30 bits per heavy atom. The molecule has 2 aromatic rings. The highest BCUT2D eigenvalue weighted by atomic mass is 16.3. The molecule has 1 aromatic heterocycles. The van der Waals surface area contributed by atoms with Crippen molar-refractivity contribution in [2.45, 2.75) is 32.4 Å². The van der Waals surface area contributed by atoms with Gasteiger partial charge < -0.3 is 10.0 Å². The first kappa shape index (κ1) is 15.6. The summed E-state index contributed by atoms with van der Waals surface area (Å²) in [5.41, 5.74) is 0.866. The molecule has 1 fully saturated rings. The lowest BCUT2D eigenvalue weighted by molar-refractivity contribution is -0.136. The molecule has 2 atom stereocenters. The molecule has 1 aromatic carbocycles. The molecule has 0 aliphatic carbocycles. The van der Waals surface area contributed by atoms with Gasteiger partial charge in [0.15, 0.2) is 6.04 Å². The van der Waals surface area contributed by atoms with Crippen molar-refractivity contribution in [3.05, 3.63) is 30.3 Å². The maximum atomic E-state index is 12.8. The summed E-state index contributed by atoms with van der Waals surface area (Å²) >= 11 is 0. The van der Waals surface area contributed by atoms with E-state index in [4.69, 9.17) is 0 Å². The largest absolute Gasteiger partial charge is 0.391 e. The average molecular weight is 315 g/mol. The van der Waals surface area contributed by atoms with E-state index in [0.29, 0.717) is 25.3 Å². The Labute approximate surface area is 134 Å². The number of carbonyl (C=O) groups excluding carboxylic acids is 1. The van der Waals surface area contributed by atoms with Crippen LogP contribution in [-0.4, -0.2) is 55.3 Å². The molecule has 0 radical (unpaired) electrons. The van der Waals surface area contributed by atoms with Crippen LogP contribution in [0.1, 0.15) is 26.3 Å². The maximum Gasteiger partial charge on any atom is 0.249 e. The van der Waals surface area contributed by atoms with Crippen LogP contribution in [0.25, 0.3) is 11.4 Å². The lowest BCUT2D eigenvalue weighted by Gasteiger charge is -2.24. The molecule has 7 heteroatoms. The zero-order valence-electron chi connectivity index (χ0n) is 13.3. The highest BCUT2D eigenvalue weighted by Gasteiger charge is 2.34. The first-order chi connectivity index (χ1) is 11.1. The number of aliphatic hydroxyl groups is 1. The quantitative estimate of drug-likeness (QED) is 0.914. The van der Waals surface area contributed by atoms with Crippen LogP contribution in [0.3, 0.4) is 0 Å². The van der Waals surface area contributed by atoms with E-state index in [1.54, 1.807) is 4.90 Å². The second kappa shape index (κ2) is 6.45. The van der Waals surface area contributed by atoms with Gasteiger partial charge in [0.25, 0.3) is 0 Å². The van der Waals surface area contributed by atoms with E-state index < -0.39 is 12.1 Å². The predicted molar refractivity (Wildman–Crippen MR) is 84.3 cm³/mol. The zero-order valence-corrected chi connectivity index (χ0v) is 13.3. The third-order valence-electron chi connectivity index (χ3n) is 4.07. The number of β-amino-alcohol motifs (C(OH)–C–C–N with tert-alkyl or cyclic N) is 1. The Hall–Kier alpha value is -2.28. The summed E-state index contributed by atoms with van der Waals surface area (Å²) in [6, 6.07) is 9.05. The molecule has 7 nitrogen and oxygen atoms in total. The summed E-state index contributed by atoms with van der Waals surface area (Å²) < 4.78 is 0. The van der Waals surface area contributed by atoms with Crippen LogP contribution in [-0.2, 0) is 4.79 Å². The van der Waals surface area contributed by atoms with Crippen molar-refractivity contribution in [2.75, 3.05) is 13.1 Å². The SMILES string of the molecule is CC(C)C(C(=O)N1CC[C@H](O)C1)n1nnc(-c2ccccc2)n1. The number of rotatable bonds is 4. The van der Waals surface area contributed by atoms with E-state index in [9.17, 15) is 9.90 Å². The Balaban J connectivity index is 1.84. The summed E-state index contributed by atoms with van der Waals surface area (Å²) in [5, 5.41) is 22.2. The first-order valence-corrected chi connectivity index (χ1v) is 7.88. The van der Waals surface area contributed by atoms with Gasteiger partial charge in [-0.3, -0.25) is 4.79 Å². The molecule has 1 aliphatic rings. The van der Waals surface area contributed by atoms with Crippen LogP contribution in [0.5, 0.6) is 0 Å². The zero-order chi connectivity index (χ0) is 16.4. The van der Waals surface area contributed by atoms with Crippen molar-refractivity contribution in [1.29, 1.82) is 0 Å². The van der Waals surface area contributed by atoms with Crippen molar-refractivity contribution in [3.63, 3.8) is 0 Å². The number of aliphatic hydroxyl groups excluding tert-OH is 1. The standard InChI is InChI=1S/C16H21N5O2/c1-11(2)14(16(23)20-9-8-13(22)10-20)21-18-15(17-19-21)12-6-4-3-5-7-12/h3-7,11,13-14,22H,8-10H2,1-2H3/t13-,14?/m0/s1. The Morgan fingerprint density at radius 2 is 2.04 bits per heavy atom. The van der Waals surface area contributed by atoms with Gasteiger partial charge in [0.05, 0.1) is 6.10 Å². The highest BCUT2D eigenvalue weighted by molar-refractivity contribution is 5.80. The summed E-state index contributed by atoms with van der Waals surface area (Å²) in [6.45, 7) is 4.87. The number of amides is 1. The minimum Gasteiger partial charge on any atom is -0.391 e. The Morgan fingerprint density at radius 3 is 2.65 bits per heavy atom. The van der Waals surface area contributed by atoms with E-state index in [0.717, 1.165) is 5.56 Å². The molecule has 122 valence electrons. The average Bonchev–Trinajstić information content (AvgIpc) is 3.17. The highest BCUT2D eigenvalue weighted by Crippen LogP contribution is 2.23. The molecule has 1 aliphatic heterocycles. The van der Waals surface area contributed by atoms with Gasteiger partial charge in [-0.2, -0.15) is 4.80 Å². The van der Waals surface area contributed by atoms with Crippen molar-refractivity contribution >= 4 is 5.91 Å². The third-order valence-corrected chi connectivity index (χ3v) is 4.07. The second-order valence-electron chi connectivity index (χ2n) is 6.22. The van der Waals surface area contributed by atoms with Crippen LogP contribution in [0.4, 0.5) is 0 Å². The minimum absolute atomic E-state index is 0.0260. The minimum atomic E-state index is -0.509. The molecule has 1 amide bonds. The molecule has 0 spiro atoms. The molecular formula is C16H21N5O2. The van der Waals surface area contributed by atoms with Gasteiger partial charge in [-0.15, -0.1) is 10.2 Å². The number of aromatic nitrogens is 4. The molecule has 0 saturated carbocycles. The number of tetrazole rings is 1. The summed E-state index contributed by atoms with van der Waals surface area (Å²) in [7, 11) is 0. The summed E-state index contributed by atoms with van der Waals surface area (Å²) in [6.07, 6.45) is 0.187. The van der Waals surface area contributed by atoms with E-state index >= 15 is 0 Å². The number of nitrogens with zero attached hydrogens (tertiary/aromatic N) is 5. The number of hydrogen-bond acceptors (Lipinski definition) is 5. The fourth-order valence-electron chi connectivity index (χ4n) is 2.83. The monoisotopic (exact) mass is 315 g/mol. The van der Waals surface area contributed by atoms with Crippen LogP contribution in [0.15, 0.2) is 30.3 Å². The van der Waals surface area contributed by atoms with E-state index in [-0.39, 0.29) is 11.8 Å². The van der Waals surface area contributed by atoms with Crippen molar-refractivity contribution < 1.29 is 9.90 Å². The normalized spacial score (nSPS) is 19.3. The third kappa shape index (κ3) is 3.24. The smallest absolute Gasteiger partial charge is 0.249 e. The summed E-state index contributed by atoms with van der Waals surface area (Å²) in [5.74, 6) is 0.470. The number of carbonyl (C=O) groups is 1. The molecule has 2 heterocycles. The fourth-order valence-corrected chi connectivity index (χ4v) is 2.83. The van der Waals surface area contributed by atoms with Crippen molar-refractivity contribution in [3.8, 4) is 11.4 Å². The molecular weight excluding hydrogens is 294 g/mol. The van der Waals surface area contributed by atoms with Crippen LogP contribution < -0.4 is 0 Å². The number of benzene rings is 1. The van der Waals surface area contributed by atoms with Crippen LogP contribution >= 0.6 is 0 Å². The lowest BCUT2D eigenvalue weighted by atomic mass is 10.0. The first-order valence-electron chi connectivity index (χ1n) is 7.88. The predicted octanol–water partition coefficient (Wildman–Crippen LogP) is 1.13. The van der Waals surface area contributed by atoms with Gasteiger partial charge in [-0.1, -0.05) is 44.2 Å². The second-order valence-corrected chi connectivity index (χ2v) is 6.22. The molecule has 23 heavy (non-hydrogen) atoms. The van der Waals surface area contributed by atoms with Crippen LogP contribution in [0, 0.1) is 5.92 Å². The van der Waals surface area contributed by atoms with Crippen molar-refractivity contribution in [1.82, 2.24) is 25.1 Å². The van der Waals surface area contributed by atoms with Gasteiger partial charge in [0.2, 0.25) is 11.7 Å². The van der Waals surface area contributed by atoms with E-state index in [2.05, 4.69) is 15.4 Å². The summed E-state index contributed by atoms with van der Waals surface area (Å²) in [4.78, 5) is 15.8.